The highest BCUT2D eigenvalue weighted by Crippen LogP contribution is 2.17. The maximum atomic E-state index is 6.00. The van der Waals surface area contributed by atoms with Crippen molar-refractivity contribution in [1.29, 1.82) is 0 Å². The molecule has 72 valence electrons. The van der Waals surface area contributed by atoms with Crippen LogP contribution in [0.4, 0.5) is 0 Å². The van der Waals surface area contributed by atoms with E-state index in [1.54, 1.807) is 30.7 Å². The van der Waals surface area contributed by atoms with Crippen molar-refractivity contribution in [1.82, 2.24) is 10.3 Å². The Morgan fingerprint density at radius 2 is 2.29 bits per heavy atom. The molecule has 1 aliphatic heterocycles. The molecule has 14 heavy (non-hydrogen) atoms. The molecule has 2 heterocycles. The van der Waals surface area contributed by atoms with E-state index >= 15 is 0 Å². The number of aromatic nitrogens is 1. The summed E-state index contributed by atoms with van der Waals surface area (Å²) in [6, 6.07) is 3.64. The van der Waals surface area contributed by atoms with Gasteiger partial charge in [-0.3, -0.25) is 10.7 Å². The Morgan fingerprint density at radius 1 is 1.43 bits per heavy atom. The molecular weight excluding hydrogens is 178 g/mol. The largest absolute Gasteiger partial charge is 0.384 e. The van der Waals surface area contributed by atoms with Crippen LogP contribution in [0.5, 0.6) is 0 Å². The van der Waals surface area contributed by atoms with Gasteiger partial charge in [-0.2, -0.15) is 0 Å². The Labute approximate surface area is 81.5 Å². The lowest BCUT2D eigenvalue weighted by Crippen LogP contribution is -2.49. The molecule has 1 atom stereocenters. The first kappa shape index (κ1) is 8.71. The van der Waals surface area contributed by atoms with E-state index in [0.717, 1.165) is 5.56 Å². The number of hydrogen-bond acceptors (Lipinski definition) is 5. The van der Waals surface area contributed by atoms with Gasteiger partial charge in [-0.25, -0.2) is 4.99 Å². The van der Waals surface area contributed by atoms with Crippen LogP contribution in [0.1, 0.15) is 5.56 Å². The van der Waals surface area contributed by atoms with E-state index in [1.807, 2.05) is 6.07 Å². The molecule has 0 saturated carbocycles. The van der Waals surface area contributed by atoms with Crippen LogP contribution >= 0.6 is 0 Å². The van der Waals surface area contributed by atoms with Crippen LogP contribution in [0.15, 0.2) is 41.8 Å². The van der Waals surface area contributed by atoms with E-state index in [0.29, 0.717) is 5.84 Å². The molecule has 2 rings (SSSR count). The summed E-state index contributed by atoms with van der Waals surface area (Å²) in [4.78, 5) is 8.09. The fourth-order valence-corrected chi connectivity index (χ4v) is 1.26. The highest BCUT2D eigenvalue weighted by molar-refractivity contribution is 5.92. The summed E-state index contributed by atoms with van der Waals surface area (Å²) in [5.74, 6) is -0.595. The van der Waals surface area contributed by atoms with Crippen LogP contribution in [-0.2, 0) is 5.79 Å². The van der Waals surface area contributed by atoms with Crippen molar-refractivity contribution in [2.45, 2.75) is 5.79 Å². The van der Waals surface area contributed by atoms with E-state index in [-0.39, 0.29) is 0 Å². The minimum Gasteiger partial charge on any atom is -0.384 e. The average Bonchev–Trinajstić information content (AvgIpc) is 2.19. The van der Waals surface area contributed by atoms with E-state index in [9.17, 15) is 0 Å². The number of nitrogens with two attached hydrogens (primary N) is 2. The fourth-order valence-electron chi connectivity index (χ4n) is 1.26. The zero-order chi connectivity index (χ0) is 10.0. The van der Waals surface area contributed by atoms with Gasteiger partial charge < -0.3 is 11.1 Å². The standard InChI is InChI=1S/C9H11N5/c10-8-3-5-13-9(11,14-8)7-2-1-4-12-6-7/h1-6,13H,11H2,(H2,10,14). The molecule has 5 N–H and O–H groups in total. The normalized spacial score (nSPS) is 25.4. The average molecular weight is 189 g/mol. The highest BCUT2D eigenvalue weighted by Gasteiger charge is 2.26. The molecule has 1 unspecified atom stereocenters. The Kier molecular flexibility index (Phi) is 1.94. The van der Waals surface area contributed by atoms with Gasteiger partial charge in [-0.15, -0.1) is 0 Å². The van der Waals surface area contributed by atoms with Crippen molar-refractivity contribution in [3.63, 3.8) is 0 Å². The molecular formula is C9H11N5. The van der Waals surface area contributed by atoms with E-state index < -0.39 is 5.79 Å². The molecule has 0 saturated heterocycles. The number of rotatable bonds is 1. The first-order chi connectivity index (χ1) is 6.71. The maximum absolute atomic E-state index is 6.00. The molecule has 5 heteroatoms. The van der Waals surface area contributed by atoms with Crippen LogP contribution in [0.3, 0.4) is 0 Å². The number of amidine groups is 1. The molecule has 0 spiro atoms. The van der Waals surface area contributed by atoms with Crippen molar-refractivity contribution in [2.24, 2.45) is 16.5 Å². The summed E-state index contributed by atoms with van der Waals surface area (Å²) in [7, 11) is 0. The van der Waals surface area contributed by atoms with Crippen LogP contribution < -0.4 is 16.8 Å². The van der Waals surface area contributed by atoms with Crippen molar-refractivity contribution in [3.05, 3.63) is 42.4 Å². The Morgan fingerprint density at radius 3 is 2.93 bits per heavy atom. The molecule has 1 aliphatic rings. The van der Waals surface area contributed by atoms with Gasteiger partial charge in [-0.1, -0.05) is 6.07 Å². The van der Waals surface area contributed by atoms with Crippen molar-refractivity contribution < 1.29 is 0 Å². The number of pyridine rings is 1. The predicted octanol–water partition coefficient (Wildman–Crippen LogP) is -0.375. The molecule has 0 radical (unpaired) electrons. The molecule has 0 fully saturated rings. The molecule has 1 aromatic heterocycles. The lowest BCUT2D eigenvalue weighted by Gasteiger charge is -2.28. The molecule has 1 aromatic rings. The summed E-state index contributed by atoms with van der Waals surface area (Å²) >= 11 is 0. The van der Waals surface area contributed by atoms with Crippen LogP contribution in [-0.4, -0.2) is 10.8 Å². The first-order valence-corrected chi connectivity index (χ1v) is 4.20. The Bertz CT molecular complexity index is 383. The van der Waals surface area contributed by atoms with Gasteiger partial charge in [0.15, 0.2) is 0 Å². The summed E-state index contributed by atoms with van der Waals surface area (Å²) in [5.41, 5.74) is 12.3. The Balaban J connectivity index is 2.39. The van der Waals surface area contributed by atoms with Crippen LogP contribution in [0.25, 0.3) is 0 Å². The quantitative estimate of drug-likeness (QED) is 0.562. The highest BCUT2D eigenvalue weighted by atomic mass is 15.3. The third kappa shape index (κ3) is 1.45. The second kappa shape index (κ2) is 3.12. The predicted molar refractivity (Wildman–Crippen MR) is 54.0 cm³/mol. The smallest absolute Gasteiger partial charge is 0.212 e. The molecule has 0 amide bonds. The third-order valence-corrected chi connectivity index (χ3v) is 1.96. The lowest BCUT2D eigenvalue weighted by atomic mass is 10.1. The molecule has 5 nitrogen and oxygen atoms in total. The van der Waals surface area contributed by atoms with Crippen LogP contribution in [0.2, 0.25) is 0 Å². The number of nitrogens with one attached hydrogen (secondary N) is 1. The maximum Gasteiger partial charge on any atom is 0.212 e. The van der Waals surface area contributed by atoms with E-state index in [4.69, 9.17) is 11.5 Å². The number of hydrogen-bond donors (Lipinski definition) is 3. The van der Waals surface area contributed by atoms with Crippen molar-refractivity contribution in [3.8, 4) is 0 Å². The number of nitrogens with zero attached hydrogens (tertiary/aromatic N) is 2. The zero-order valence-electron chi connectivity index (χ0n) is 7.51. The second-order valence-corrected chi connectivity index (χ2v) is 3.02. The van der Waals surface area contributed by atoms with Gasteiger partial charge in [0.25, 0.3) is 0 Å². The van der Waals surface area contributed by atoms with Crippen molar-refractivity contribution in [2.75, 3.05) is 0 Å². The second-order valence-electron chi connectivity index (χ2n) is 3.02. The van der Waals surface area contributed by atoms with Gasteiger partial charge in [0, 0.05) is 24.2 Å². The van der Waals surface area contributed by atoms with Crippen molar-refractivity contribution >= 4 is 5.84 Å². The monoisotopic (exact) mass is 189 g/mol. The minimum absolute atomic E-state index is 0.398. The molecule has 0 bridgehead atoms. The summed E-state index contributed by atoms with van der Waals surface area (Å²) in [6.07, 6.45) is 6.67. The third-order valence-electron chi connectivity index (χ3n) is 1.96. The van der Waals surface area contributed by atoms with Gasteiger partial charge in [0.2, 0.25) is 5.79 Å². The van der Waals surface area contributed by atoms with E-state index in [1.165, 1.54) is 0 Å². The topological polar surface area (TPSA) is 89.3 Å². The summed E-state index contributed by atoms with van der Waals surface area (Å²) in [6.45, 7) is 0. The summed E-state index contributed by atoms with van der Waals surface area (Å²) in [5, 5.41) is 2.93. The molecule has 0 aliphatic carbocycles. The fraction of sp³-hybridized carbons (Fsp3) is 0.111. The summed E-state index contributed by atoms with van der Waals surface area (Å²) < 4.78 is 0. The Hall–Kier alpha value is -1.88. The molecule has 0 aromatic carbocycles. The van der Waals surface area contributed by atoms with Gasteiger partial charge >= 0.3 is 0 Å². The lowest BCUT2D eigenvalue weighted by molar-refractivity contribution is 0.408. The minimum atomic E-state index is -0.993. The first-order valence-electron chi connectivity index (χ1n) is 4.20. The van der Waals surface area contributed by atoms with Gasteiger partial charge in [-0.05, 0) is 12.1 Å². The SMILES string of the molecule is NC1=NC(N)(c2cccnc2)NC=C1. The van der Waals surface area contributed by atoms with E-state index in [2.05, 4.69) is 15.3 Å². The van der Waals surface area contributed by atoms with Crippen LogP contribution in [0, 0.1) is 0 Å². The van der Waals surface area contributed by atoms with Gasteiger partial charge in [0.1, 0.15) is 5.84 Å². The van der Waals surface area contributed by atoms with Gasteiger partial charge in [0.05, 0.1) is 0 Å². The number of aliphatic imine (C=N–C) groups is 1. The zero-order valence-corrected chi connectivity index (χ0v) is 7.51.